The van der Waals surface area contributed by atoms with Crippen LogP contribution in [-0.2, 0) is 13.0 Å². The fourth-order valence-corrected chi connectivity index (χ4v) is 1.79. The summed E-state index contributed by atoms with van der Waals surface area (Å²) < 4.78 is 5.55. The quantitative estimate of drug-likeness (QED) is 0.811. The van der Waals surface area contributed by atoms with Crippen LogP contribution in [0, 0.1) is 11.3 Å². The fraction of sp³-hybridized carbons (Fsp3) is 0.167. The monoisotopic (exact) mass is 230 g/mol. The van der Waals surface area contributed by atoms with E-state index in [2.05, 4.69) is 11.1 Å². The van der Waals surface area contributed by atoms with Gasteiger partial charge in [0.1, 0.15) is 17.4 Å². The molecular weight excluding hydrogens is 220 g/mol. The Labute approximate surface area is 97.9 Å². The molecule has 0 bridgehead atoms. The third kappa shape index (κ3) is 2.81. The lowest BCUT2D eigenvalue weighted by Gasteiger charge is -2.04. The van der Waals surface area contributed by atoms with Crippen molar-refractivity contribution in [2.75, 3.05) is 0 Å². The van der Waals surface area contributed by atoms with Crippen LogP contribution >= 0.6 is 11.3 Å². The Hall–Kier alpha value is -1.86. The molecule has 3 nitrogen and oxygen atoms in total. The molecule has 1 heterocycles. The number of nitrogens with zero attached hydrogens (tertiary/aromatic N) is 2. The molecule has 0 atom stereocenters. The summed E-state index contributed by atoms with van der Waals surface area (Å²) in [6.07, 6.45) is 2.20. The van der Waals surface area contributed by atoms with E-state index in [1.54, 1.807) is 17.5 Å². The zero-order valence-corrected chi connectivity index (χ0v) is 9.41. The van der Waals surface area contributed by atoms with Crippen molar-refractivity contribution in [1.82, 2.24) is 4.98 Å². The van der Waals surface area contributed by atoms with Crippen molar-refractivity contribution in [1.29, 1.82) is 5.26 Å². The topological polar surface area (TPSA) is 45.9 Å². The van der Waals surface area contributed by atoms with Crippen LogP contribution in [0.3, 0.4) is 0 Å². The Morgan fingerprint density at radius 3 is 2.75 bits per heavy atom. The van der Waals surface area contributed by atoms with Crippen LogP contribution in [0.4, 0.5) is 0 Å². The molecule has 0 N–H and O–H groups in total. The molecule has 0 spiro atoms. The zero-order valence-electron chi connectivity index (χ0n) is 8.59. The number of hydrogen-bond acceptors (Lipinski definition) is 4. The largest absolute Gasteiger partial charge is 0.486 e. The van der Waals surface area contributed by atoms with Crippen LogP contribution in [0.2, 0.25) is 0 Å². The van der Waals surface area contributed by atoms with E-state index in [1.807, 2.05) is 29.6 Å². The molecular formula is C12H10N2OS. The van der Waals surface area contributed by atoms with Gasteiger partial charge in [0, 0.05) is 11.6 Å². The third-order valence-corrected chi connectivity index (χ3v) is 2.81. The molecule has 2 aromatic rings. The van der Waals surface area contributed by atoms with E-state index in [0.717, 1.165) is 16.3 Å². The zero-order chi connectivity index (χ0) is 11.2. The summed E-state index contributed by atoms with van der Waals surface area (Å²) in [7, 11) is 0. The summed E-state index contributed by atoms with van der Waals surface area (Å²) in [5.74, 6) is 0.803. The maximum absolute atomic E-state index is 8.53. The lowest BCUT2D eigenvalue weighted by Crippen LogP contribution is -1.94. The molecule has 0 aliphatic rings. The molecule has 0 aliphatic carbocycles. The molecule has 16 heavy (non-hydrogen) atoms. The van der Waals surface area contributed by atoms with Gasteiger partial charge in [-0.2, -0.15) is 5.26 Å². The number of aromatic nitrogens is 1. The molecule has 2 rings (SSSR count). The van der Waals surface area contributed by atoms with Gasteiger partial charge in [0.25, 0.3) is 0 Å². The molecule has 0 aliphatic heterocycles. The van der Waals surface area contributed by atoms with Gasteiger partial charge in [0.2, 0.25) is 0 Å². The van der Waals surface area contributed by atoms with Gasteiger partial charge >= 0.3 is 0 Å². The highest BCUT2D eigenvalue weighted by atomic mass is 32.1. The molecule has 4 heteroatoms. The number of rotatable bonds is 4. The lowest BCUT2D eigenvalue weighted by atomic mass is 10.2. The molecule has 1 aromatic carbocycles. The molecule has 1 aromatic heterocycles. The summed E-state index contributed by atoms with van der Waals surface area (Å²) in [6, 6.07) is 9.67. The minimum atomic E-state index is 0.437. The highest BCUT2D eigenvalue weighted by Crippen LogP contribution is 2.15. The first-order chi connectivity index (χ1) is 7.88. The smallest absolute Gasteiger partial charge is 0.140 e. The maximum Gasteiger partial charge on any atom is 0.140 e. The molecule has 0 radical (unpaired) electrons. The van der Waals surface area contributed by atoms with Crippen LogP contribution in [0.1, 0.15) is 10.6 Å². The van der Waals surface area contributed by atoms with E-state index >= 15 is 0 Å². The van der Waals surface area contributed by atoms with Crippen molar-refractivity contribution in [2.45, 2.75) is 13.0 Å². The van der Waals surface area contributed by atoms with E-state index < -0.39 is 0 Å². The normalized spacial score (nSPS) is 9.69. The minimum Gasteiger partial charge on any atom is -0.486 e. The van der Waals surface area contributed by atoms with Crippen LogP contribution in [0.25, 0.3) is 0 Å². The summed E-state index contributed by atoms with van der Waals surface area (Å²) in [4.78, 5) is 4.13. The van der Waals surface area contributed by atoms with Gasteiger partial charge in [0.05, 0.1) is 12.5 Å². The van der Waals surface area contributed by atoms with E-state index in [9.17, 15) is 0 Å². The molecule has 0 saturated carbocycles. The third-order valence-electron chi connectivity index (χ3n) is 2.05. The maximum atomic E-state index is 8.53. The second kappa shape index (κ2) is 5.29. The first kappa shape index (κ1) is 10.7. The first-order valence-electron chi connectivity index (χ1n) is 4.85. The second-order valence-electron chi connectivity index (χ2n) is 3.19. The summed E-state index contributed by atoms with van der Waals surface area (Å²) in [5.41, 5.74) is 1.00. The highest BCUT2D eigenvalue weighted by molar-refractivity contribution is 7.09. The van der Waals surface area contributed by atoms with Gasteiger partial charge in [-0.3, -0.25) is 0 Å². The Balaban J connectivity index is 1.93. The highest BCUT2D eigenvalue weighted by Gasteiger charge is 1.98. The van der Waals surface area contributed by atoms with Crippen molar-refractivity contribution in [3.63, 3.8) is 0 Å². The van der Waals surface area contributed by atoms with Crippen molar-refractivity contribution in [3.05, 3.63) is 46.4 Å². The van der Waals surface area contributed by atoms with E-state index in [0.29, 0.717) is 13.0 Å². The fourth-order valence-electron chi connectivity index (χ4n) is 1.26. The van der Waals surface area contributed by atoms with Crippen molar-refractivity contribution >= 4 is 11.3 Å². The van der Waals surface area contributed by atoms with E-state index in [4.69, 9.17) is 10.00 Å². The van der Waals surface area contributed by atoms with Crippen LogP contribution in [-0.4, -0.2) is 4.98 Å². The summed E-state index contributed by atoms with van der Waals surface area (Å²) >= 11 is 1.57. The number of hydrogen-bond donors (Lipinski definition) is 0. The van der Waals surface area contributed by atoms with Crippen molar-refractivity contribution in [2.24, 2.45) is 0 Å². The number of nitriles is 1. The predicted octanol–water partition coefficient (Wildman–Crippen LogP) is 2.79. The second-order valence-corrected chi connectivity index (χ2v) is 4.17. The standard InChI is InChI=1S/C12H10N2OS/c13-6-5-10-1-3-11(4-2-10)15-9-12-14-7-8-16-12/h1-4,7-8H,5,9H2. The van der Waals surface area contributed by atoms with Crippen molar-refractivity contribution in [3.8, 4) is 11.8 Å². The number of benzene rings is 1. The van der Waals surface area contributed by atoms with Crippen LogP contribution in [0.15, 0.2) is 35.8 Å². The Morgan fingerprint density at radius 1 is 1.31 bits per heavy atom. The minimum absolute atomic E-state index is 0.437. The summed E-state index contributed by atoms with van der Waals surface area (Å²) in [6.45, 7) is 0.495. The van der Waals surface area contributed by atoms with Crippen LogP contribution in [0.5, 0.6) is 5.75 Å². The van der Waals surface area contributed by atoms with Gasteiger partial charge in [-0.25, -0.2) is 4.98 Å². The molecule has 0 unspecified atom stereocenters. The van der Waals surface area contributed by atoms with Crippen molar-refractivity contribution < 1.29 is 4.74 Å². The van der Waals surface area contributed by atoms with Gasteiger partial charge < -0.3 is 4.74 Å². The van der Waals surface area contributed by atoms with Gasteiger partial charge in [0.15, 0.2) is 0 Å². The van der Waals surface area contributed by atoms with E-state index in [1.165, 1.54) is 0 Å². The number of thiazole rings is 1. The Kier molecular flexibility index (Phi) is 3.52. The average molecular weight is 230 g/mol. The SMILES string of the molecule is N#CCc1ccc(OCc2nccs2)cc1. The molecule has 0 saturated heterocycles. The predicted molar refractivity (Wildman–Crippen MR) is 62.2 cm³/mol. The van der Waals surface area contributed by atoms with Gasteiger partial charge in [-0.05, 0) is 17.7 Å². The lowest BCUT2D eigenvalue weighted by molar-refractivity contribution is 0.305. The summed E-state index contributed by atoms with van der Waals surface area (Å²) in [5, 5.41) is 11.4. The first-order valence-corrected chi connectivity index (χ1v) is 5.73. The van der Waals surface area contributed by atoms with Gasteiger partial charge in [-0.15, -0.1) is 11.3 Å². The molecule has 80 valence electrons. The molecule has 0 fully saturated rings. The average Bonchev–Trinajstić information content (AvgIpc) is 2.82. The van der Waals surface area contributed by atoms with E-state index in [-0.39, 0.29) is 0 Å². The van der Waals surface area contributed by atoms with Crippen LogP contribution < -0.4 is 4.74 Å². The Morgan fingerprint density at radius 2 is 2.12 bits per heavy atom. The van der Waals surface area contributed by atoms with Gasteiger partial charge in [-0.1, -0.05) is 12.1 Å². The molecule has 0 amide bonds. The number of ether oxygens (including phenoxy) is 1. The Bertz CT molecular complexity index is 471.